The quantitative estimate of drug-likeness (QED) is 0.464. The summed E-state index contributed by atoms with van der Waals surface area (Å²) in [6.07, 6.45) is 2.26. The van der Waals surface area contributed by atoms with Gasteiger partial charge in [-0.3, -0.25) is 4.79 Å². The topological polar surface area (TPSA) is 42.4 Å². The van der Waals surface area contributed by atoms with E-state index in [1.165, 1.54) is 0 Å². The summed E-state index contributed by atoms with van der Waals surface area (Å²) in [5, 5.41) is 0.964. The van der Waals surface area contributed by atoms with E-state index in [0.717, 1.165) is 10.8 Å². The van der Waals surface area contributed by atoms with Crippen LogP contribution in [0.15, 0.2) is 29.4 Å². The molecule has 1 aliphatic heterocycles. The fraction of sp³-hybridized carbons (Fsp3) is 0.625. The van der Waals surface area contributed by atoms with Crippen molar-refractivity contribution in [1.82, 2.24) is 9.88 Å². The molecule has 1 aromatic rings. The number of hydrogen-bond acceptors (Lipinski definition) is 5. The van der Waals surface area contributed by atoms with Crippen LogP contribution in [0.2, 0.25) is 0 Å². The summed E-state index contributed by atoms with van der Waals surface area (Å²) in [4.78, 5) is 18.5. The second-order valence-electron chi connectivity index (χ2n) is 6.65. The number of carbonyl (C=O) groups is 1. The van der Waals surface area contributed by atoms with Crippen LogP contribution in [0.1, 0.15) is 27.2 Å². The summed E-state index contributed by atoms with van der Waals surface area (Å²) in [5.41, 5.74) is -0.0276. The van der Waals surface area contributed by atoms with Crippen molar-refractivity contribution in [2.75, 3.05) is 18.8 Å². The molecule has 0 saturated carbocycles. The number of amides is 1. The van der Waals surface area contributed by atoms with E-state index in [0.29, 0.717) is 19.5 Å². The van der Waals surface area contributed by atoms with Gasteiger partial charge in [-0.2, -0.15) is 0 Å². The Morgan fingerprint density at radius 1 is 1.43 bits per heavy atom. The Morgan fingerprint density at radius 3 is 2.87 bits per heavy atom. The normalized spacial score (nSPS) is 22.1. The van der Waals surface area contributed by atoms with Crippen molar-refractivity contribution in [3.63, 3.8) is 0 Å². The molecule has 0 bridgehead atoms. The maximum atomic E-state index is 12.4. The first-order chi connectivity index (χ1) is 10.9. The van der Waals surface area contributed by atoms with Crippen LogP contribution in [0.25, 0.3) is 0 Å². The summed E-state index contributed by atoms with van der Waals surface area (Å²) >= 11 is 0. The standard InChI is InChI=1S/C16H23BN2O2S2/c1-16(2,3)12-10-19(11-13(17)21-12)15(20)7-9-22-23-14-6-4-5-8-18-14/h4-6,8,12-13H,7,9-11H2,1-3H3. The zero-order valence-corrected chi connectivity index (χ0v) is 15.5. The number of rotatable bonds is 5. The second-order valence-corrected chi connectivity index (χ2v) is 9.09. The summed E-state index contributed by atoms with van der Waals surface area (Å²) < 4.78 is 5.78. The molecule has 2 unspecified atom stereocenters. The summed E-state index contributed by atoms with van der Waals surface area (Å²) in [6, 6.07) is 5.43. The van der Waals surface area contributed by atoms with E-state index >= 15 is 0 Å². The minimum absolute atomic E-state index is 0.0225. The molecule has 1 aliphatic rings. The third kappa shape index (κ3) is 6.05. The fourth-order valence-electron chi connectivity index (χ4n) is 2.26. The molecule has 0 N–H and O–H groups in total. The van der Waals surface area contributed by atoms with E-state index in [-0.39, 0.29) is 17.4 Å². The van der Waals surface area contributed by atoms with Crippen LogP contribution in [0, 0.1) is 5.41 Å². The molecule has 2 radical (unpaired) electrons. The number of hydrogen-bond donors (Lipinski definition) is 0. The van der Waals surface area contributed by atoms with Gasteiger partial charge < -0.3 is 9.64 Å². The first-order valence-corrected chi connectivity index (χ1v) is 10.1. The molecule has 2 heterocycles. The van der Waals surface area contributed by atoms with Crippen LogP contribution in [0.5, 0.6) is 0 Å². The Morgan fingerprint density at radius 2 is 2.22 bits per heavy atom. The highest BCUT2D eigenvalue weighted by Gasteiger charge is 2.34. The third-order valence-electron chi connectivity index (χ3n) is 3.63. The number of aromatic nitrogens is 1. The molecule has 1 fully saturated rings. The Kier molecular flexibility index (Phi) is 6.86. The number of ether oxygens (including phenoxy) is 1. The van der Waals surface area contributed by atoms with Crippen molar-refractivity contribution >= 4 is 35.3 Å². The Hall–Kier alpha value is -0.655. The maximum absolute atomic E-state index is 12.4. The third-order valence-corrected chi connectivity index (χ3v) is 5.89. The van der Waals surface area contributed by atoms with Gasteiger partial charge in [0.15, 0.2) is 0 Å². The minimum Gasteiger partial charge on any atom is -0.381 e. The summed E-state index contributed by atoms with van der Waals surface area (Å²) in [6.45, 7) is 7.42. The first kappa shape index (κ1) is 18.7. The van der Waals surface area contributed by atoms with Gasteiger partial charge >= 0.3 is 0 Å². The van der Waals surface area contributed by atoms with Crippen molar-refractivity contribution < 1.29 is 9.53 Å². The van der Waals surface area contributed by atoms with Crippen LogP contribution in [-0.4, -0.2) is 54.6 Å². The number of morpholine rings is 1. The summed E-state index contributed by atoms with van der Waals surface area (Å²) in [7, 11) is 9.20. The molecule has 4 nitrogen and oxygen atoms in total. The van der Waals surface area contributed by atoms with Gasteiger partial charge in [0, 0.05) is 37.5 Å². The van der Waals surface area contributed by atoms with Crippen LogP contribution in [-0.2, 0) is 9.53 Å². The van der Waals surface area contributed by atoms with E-state index < -0.39 is 6.00 Å². The smallest absolute Gasteiger partial charge is 0.223 e. The molecule has 0 aliphatic carbocycles. The molecule has 1 saturated heterocycles. The summed E-state index contributed by atoms with van der Waals surface area (Å²) in [5.74, 6) is 0.902. The molecule has 23 heavy (non-hydrogen) atoms. The van der Waals surface area contributed by atoms with E-state index in [1.807, 2.05) is 23.1 Å². The predicted molar refractivity (Wildman–Crippen MR) is 97.6 cm³/mol. The molecule has 2 rings (SSSR count). The van der Waals surface area contributed by atoms with E-state index in [1.54, 1.807) is 27.8 Å². The Labute approximate surface area is 147 Å². The van der Waals surface area contributed by atoms with E-state index in [2.05, 4.69) is 25.8 Å². The highest BCUT2D eigenvalue weighted by Crippen LogP contribution is 2.30. The van der Waals surface area contributed by atoms with Gasteiger partial charge in [0.05, 0.1) is 6.10 Å². The van der Waals surface area contributed by atoms with E-state index in [4.69, 9.17) is 12.6 Å². The number of nitrogens with zero attached hydrogens (tertiary/aromatic N) is 2. The van der Waals surface area contributed by atoms with E-state index in [9.17, 15) is 4.79 Å². The highest BCUT2D eigenvalue weighted by molar-refractivity contribution is 8.76. The van der Waals surface area contributed by atoms with Crippen LogP contribution < -0.4 is 0 Å². The molecule has 1 amide bonds. The number of carbonyl (C=O) groups excluding carboxylic acids is 1. The minimum atomic E-state index is -0.396. The molecule has 124 valence electrons. The van der Waals surface area contributed by atoms with Crippen LogP contribution in [0.4, 0.5) is 0 Å². The zero-order chi connectivity index (χ0) is 16.9. The lowest BCUT2D eigenvalue weighted by atomic mass is 9.85. The monoisotopic (exact) mass is 350 g/mol. The van der Waals surface area contributed by atoms with Gasteiger partial charge in [0.25, 0.3) is 0 Å². The van der Waals surface area contributed by atoms with Crippen molar-refractivity contribution in [2.45, 2.75) is 44.3 Å². The van der Waals surface area contributed by atoms with Gasteiger partial charge in [0.1, 0.15) is 12.9 Å². The maximum Gasteiger partial charge on any atom is 0.223 e. The SMILES string of the molecule is [B]C1CN(C(=O)CCSSc2ccccn2)CC(C(C)(C)C)O1. The molecule has 2 atom stereocenters. The van der Waals surface area contributed by atoms with Crippen molar-refractivity contribution in [1.29, 1.82) is 0 Å². The highest BCUT2D eigenvalue weighted by atomic mass is 33.1. The van der Waals surface area contributed by atoms with Crippen molar-refractivity contribution in [3.05, 3.63) is 24.4 Å². The van der Waals surface area contributed by atoms with Gasteiger partial charge in [-0.05, 0) is 28.3 Å². The Balaban J connectivity index is 1.76. The lowest BCUT2D eigenvalue weighted by Crippen LogP contribution is -2.54. The van der Waals surface area contributed by atoms with Gasteiger partial charge in [0.2, 0.25) is 5.91 Å². The first-order valence-electron chi connectivity index (χ1n) is 7.75. The zero-order valence-electron chi connectivity index (χ0n) is 13.9. The lowest BCUT2D eigenvalue weighted by Gasteiger charge is -2.42. The average molecular weight is 350 g/mol. The van der Waals surface area contributed by atoms with Crippen LogP contribution in [0.3, 0.4) is 0 Å². The van der Waals surface area contributed by atoms with Crippen molar-refractivity contribution in [2.24, 2.45) is 5.41 Å². The Bertz CT molecular complexity index is 511. The van der Waals surface area contributed by atoms with Crippen LogP contribution >= 0.6 is 21.6 Å². The molecule has 0 spiro atoms. The molecule has 0 aromatic carbocycles. The number of pyridine rings is 1. The largest absolute Gasteiger partial charge is 0.381 e. The second kappa shape index (κ2) is 8.44. The van der Waals surface area contributed by atoms with Gasteiger partial charge in [-0.1, -0.05) is 37.6 Å². The molecule has 7 heteroatoms. The van der Waals surface area contributed by atoms with Gasteiger partial charge in [-0.25, -0.2) is 4.98 Å². The molecular formula is C16H23BN2O2S2. The lowest BCUT2D eigenvalue weighted by molar-refractivity contribution is -0.146. The predicted octanol–water partition coefficient (Wildman–Crippen LogP) is 2.98. The molecule has 1 aromatic heterocycles. The van der Waals surface area contributed by atoms with Gasteiger partial charge in [-0.15, -0.1) is 0 Å². The fourth-order valence-corrected chi connectivity index (χ4v) is 4.11. The van der Waals surface area contributed by atoms with Crippen molar-refractivity contribution in [3.8, 4) is 0 Å². The molecular weight excluding hydrogens is 327 g/mol. The average Bonchev–Trinajstić information content (AvgIpc) is 2.51.